The molecule has 1 fully saturated rings. The summed E-state index contributed by atoms with van der Waals surface area (Å²) in [5.41, 5.74) is 6.20. The van der Waals surface area contributed by atoms with Gasteiger partial charge in [0.15, 0.2) is 0 Å². The lowest BCUT2D eigenvalue weighted by Crippen LogP contribution is -2.39. The quantitative estimate of drug-likeness (QED) is 0.551. The van der Waals surface area contributed by atoms with Gasteiger partial charge >= 0.3 is 0 Å². The van der Waals surface area contributed by atoms with Crippen LogP contribution in [0.2, 0.25) is 0 Å². The lowest BCUT2D eigenvalue weighted by molar-refractivity contribution is 0.179. The molecule has 0 aromatic carbocycles. The van der Waals surface area contributed by atoms with Crippen molar-refractivity contribution in [3.8, 4) is 0 Å². The first-order valence-corrected chi connectivity index (χ1v) is 10.3. The van der Waals surface area contributed by atoms with Crippen molar-refractivity contribution in [2.45, 2.75) is 78.2 Å². The van der Waals surface area contributed by atoms with Crippen molar-refractivity contribution in [1.29, 1.82) is 0 Å². The van der Waals surface area contributed by atoms with Gasteiger partial charge in [0.2, 0.25) is 0 Å². The van der Waals surface area contributed by atoms with Gasteiger partial charge in [0.25, 0.3) is 0 Å². The summed E-state index contributed by atoms with van der Waals surface area (Å²) < 4.78 is 0. The van der Waals surface area contributed by atoms with Crippen LogP contribution in [-0.2, 0) is 0 Å². The Kier molecular flexibility index (Phi) is 8.28. The molecular formula is C22H38N2. The van der Waals surface area contributed by atoms with E-state index < -0.39 is 0 Å². The molecule has 136 valence electrons. The smallest absolute Gasteiger partial charge is 0.0202 e. The van der Waals surface area contributed by atoms with Crippen LogP contribution in [0.25, 0.3) is 0 Å². The van der Waals surface area contributed by atoms with Crippen LogP contribution in [0.1, 0.15) is 72.1 Å². The zero-order valence-electron chi connectivity index (χ0n) is 16.3. The highest BCUT2D eigenvalue weighted by Crippen LogP contribution is 2.40. The van der Waals surface area contributed by atoms with E-state index in [0.29, 0.717) is 0 Å². The Morgan fingerprint density at radius 3 is 2.58 bits per heavy atom. The van der Waals surface area contributed by atoms with Gasteiger partial charge in [-0.3, -0.25) is 0 Å². The number of rotatable bonds is 10. The Bertz CT molecular complexity index is 466. The molecule has 0 saturated heterocycles. The molecular weight excluding hydrogens is 292 g/mol. The van der Waals surface area contributed by atoms with E-state index in [1.165, 1.54) is 70.0 Å². The zero-order valence-corrected chi connectivity index (χ0v) is 16.3. The van der Waals surface area contributed by atoms with Crippen LogP contribution in [0.4, 0.5) is 0 Å². The van der Waals surface area contributed by atoms with Crippen LogP contribution in [-0.4, -0.2) is 37.1 Å². The van der Waals surface area contributed by atoms with E-state index in [1.54, 1.807) is 16.7 Å². The summed E-state index contributed by atoms with van der Waals surface area (Å²) in [5, 5.41) is 3.54. The summed E-state index contributed by atoms with van der Waals surface area (Å²) in [6.07, 6.45) is 12.5. The largest absolute Gasteiger partial charge is 0.313 e. The van der Waals surface area contributed by atoms with E-state index in [2.05, 4.69) is 43.6 Å². The van der Waals surface area contributed by atoms with Crippen molar-refractivity contribution in [1.82, 2.24) is 10.2 Å². The molecule has 1 unspecified atom stereocenters. The normalized spacial score (nSPS) is 21.0. The molecule has 0 heterocycles. The third kappa shape index (κ3) is 5.07. The molecule has 0 aliphatic heterocycles. The number of hydrogen-bond donors (Lipinski definition) is 1. The summed E-state index contributed by atoms with van der Waals surface area (Å²) >= 11 is 0. The van der Waals surface area contributed by atoms with Crippen molar-refractivity contribution < 1.29 is 0 Å². The van der Waals surface area contributed by atoms with Crippen molar-refractivity contribution >= 4 is 0 Å². The fourth-order valence-corrected chi connectivity index (χ4v) is 4.30. The van der Waals surface area contributed by atoms with Gasteiger partial charge in [-0.2, -0.15) is 0 Å². The second-order valence-electron chi connectivity index (χ2n) is 7.44. The van der Waals surface area contributed by atoms with E-state index in [0.717, 1.165) is 19.1 Å². The highest BCUT2D eigenvalue weighted by atomic mass is 15.1. The molecule has 2 rings (SSSR count). The molecule has 0 aromatic heterocycles. The maximum Gasteiger partial charge on any atom is 0.0202 e. The number of fused-ring (bicyclic) bond motifs is 1. The molecule has 0 aromatic rings. The molecule has 1 atom stereocenters. The first kappa shape index (κ1) is 19.5. The lowest BCUT2D eigenvalue weighted by Gasteiger charge is -2.38. The second kappa shape index (κ2) is 10.2. The lowest BCUT2D eigenvalue weighted by atomic mass is 9.77. The molecule has 0 radical (unpaired) electrons. The third-order valence-corrected chi connectivity index (χ3v) is 5.45. The van der Waals surface area contributed by atoms with E-state index in [4.69, 9.17) is 0 Å². The van der Waals surface area contributed by atoms with Crippen molar-refractivity contribution in [2.75, 3.05) is 26.2 Å². The summed E-state index contributed by atoms with van der Waals surface area (Å²) in [4.78, 5) is 2.74. The van der Waals surface area contributed by atoms with Crippen LogP contribution >= 0.6 is 0 Å². The van der Waals surface area contributed by atoms with Gasteiger partial charge in [-0.1, -0.05) is 33.4 Å². The van der Waals surface area contributed by atoms with Gasteiger partial charge in [0.1, 0.15) is 0 Å². The van der Waals surface area contributed by atoms with Crippen LogP contribution in [0.3, 0.4) is 0 Å². The topological polar surface area (TPSA) is 15.3 Å². The number of nitrogens with zero attached hydrogens (tertiary/aromatic N) is 1. The second-order valence-corrected chi connectivity index (χ2v) is 7.44. The zero-order chi connectivity index (χ0) is 17.4. The predicted molar refractivity (Wildman–Crippen MR) is 106 cm³/mol. The molecule has 2 aliphatic rings. The van der Waals surface area contributed by atoms with E-state index >= 15 is 0 Å². The van der Waals surface area contributed by atoms with Crippen molar-refractivity contribution in [3.05, 3.63) is 34.9 Å². The van der Waals surface area contributed by atoms with Crippen LogP contribution in [0.15, 0.2) is 34.9 Å². The Labute approximate surface area is 150 Å². The Hall–Kier alpha value is -0.860. The Morgan fingerprint density at radius 1 is 1.17 bits per heavy atom. The molecule has 0 bridgehead atoms. The van der Waals surface area contributed by atoms with Gasteiger partial charge in [-0.05, 0) is 93.3 Å². The highest BCUT2D eigenvalue weighted by Gasteiger charge is 2.28. The van der Waals surface area contributed by atoms with Gasteiger partial charge in [-0.15, -0.1) is 0 Å². The van der Waals surface area contributed by atoms with Gasteiger partial charge in [-0.25, -0.2) is 0 Å². The third-order valence-electron chi connectivity index (χ3n) is 5.45. The molecule has 2 nitrogen and oxygen atoms in total. The first-order valence-electron chi connectivity index (χ1n) is 10.3. The monoisotopic (exact) mass is 330 g/mol. The maximum atomic E-state index is 4.42. The van der Waals surface area contributed by atoms with Crippen molar-refractivity contribution in [3.63, 3.8) is 0 Å². The number of allylic oxidation sites excluding steroid dienone is 2. The average Bonchev–Trinajstić information content (AvgIpc) is 2.60. The molecule has 1 saturated carbocycles. The first-order chi connectivity index (χ1) is 11.7. The number of hydrogen-bond acceptors (Lipinski definition) is 2. The molecule has 2 aliphatic carbocycles. The fourth-order valence-electron chi connectivity index (χ4n) is 4.30. The summed E-state index contributed by atoms with van der Waals surface area (Å²) in [6.45, 7) is 15.8. The Balaban J connectivity index is 2.11. The van der Waals surface area contributed by atoms with Crippen LogP contribution in [0.5, 0.6) is 0 Å². The summed E-state index contributed by atoms with van der Waals surface area (Å²) in [7, 11) is 0. The van der Waals surface area contributed by atoms with E-state index in [9.17, 15) is 0 Å². The van der Waals surface area contributed by atoms with E-state index in [-0.39, 0.29) is 0 Å². The summed E-state index contributed by atoms with van der Waals surface area (Å²) in [5.74, 6) is 0. The molecule has 24 heavy (non-hydrogen) atoms. The SMILES string of the molecule is C=C(CNCCC)C1=C2CC(N(CCC)CCC)CCC2=CCC1. The van der Waals surface area contributed by atoms with Crippen LogP contribution < -0.4 is 5.32 Å². The highest BCUT2D eigenvalue weighted by molar-refractivity contribution is 5.48. The minimum atomic E-state index is 0.738. The summed E-state index contributed by atoms with van der Waals surface area (Å²) in [6, 6.07) is 0.738. The van der Waals surface area contributed by atoms with Gasteiger partial charge in [0, 0.05) is 12.6 Å². The van der Waals surface area contributed by atoms with Crippen molar-refractivity contribution in [2.24, 2.45) is 0 Å². The van der Waals surface area contributed by atoms with Gasteiger partial charge < -0.3 is 10.2 Å². The molecule has 1 N–H and O–H groups in total. The fraction of sp³-hybridized carbons (Fsp3) is 0.727. The van der Waals surface area contributed by atoms with E-state index in [1.807, 2.05) is 0 Å². The average molecular weight is 331 g/mol. The Morgan fingerprint density at radius 2 is 1.92 bits per heavy atom. The minimum absolute atomic E-state index is 0.738. The molecule has 2 heteroatoms. The minimum Gasteiger partial charge on any atom is -0.313 e. The molecule has 0 amide bonds. The van der Waals surface area contributed by atoms with Crippen LogP contribution in [0, 0.1) is 0 Å². The van der Waals surface area contributed by atoms with Gasteiger partial charge in [0.05, 0.1) is 0 Å². The number of nitrogens with one attached hydrogen (secondary N) is 1. The molecule has 0 spiro atoms. The standard InChI is InChI=1S/C22H38N2/c1-5-13-23-17-18(4)21-10-8-9-19-11-12-20(16-22(19)21)24(14-6-2)15-7-3/h9,20,23H,4-8,10-17H2,1-3H3. The maximum absolute atomic E-state index is 4.42. The predicted octanol–water partition coefficient (Wildman–Crippen LogP) is 5.23.